The van der Waals surface area contributed by atoms with Gasteiger partial charge in [0.25, 0.3) is 0 Å². The summed E-state index contributed by atoms with van der Waals surface area (Å²) in [6.07, 6.45) is 1.82. The van der Waals surface area contributed by atoms with Crippen LogP contribution in [0.15, 0.2) is 27.7 Å². The van der Waals surface area contributed by atoms with Crippen molar-refractivity contribution in [1.82, 2.24) is 0 Å². The smallest absolute Gasteiger partial charge is 0.0996 e. The minimum Gasteiger partial charge on any atom is -0.387 e. The maximum Gasteiger partial charge on any atom is 0.0996 e. The van der Waals surface area contributed by atoms with E-state index >= 15 is 0 Å². The van der Waals surface area contributed by atoms with Gasteiger partial charge in [0.1, 0.15) is 0 Å². The van der Waals surface area contributed by atoms with Crippen molar-refractivity contribution in [3.8, 4) is 0 Å². The molecule has 76 valence electrons. The number of hydrogen-bond acceptors (Lipinski definition) is 1. The van der Waals surface area contributed by atoms with Crippen LogP contribution < -0.4 is 5.73 Å². The number of nitrogens with two attached hydrogens (primary N) is 1. The summed E-state index contributed by atoms with van der Waals surface area (Å²) < 4.78 is 0.865. The minimum atomic E-state index is 0.649. The van der Waals surface area contributed by atoms with Gasteiger partial charge in [-0.15, -0.1) is 0 Å². The number of nitrogens with zero attached hydrogens (tertiary/aromatic N) is 1. The van der Waals surface area contributed by atoms with Gasteiger partial charge in [0, 0.05) is 15.9 Å². The van der Waals surface area contributed by atoms with E-state index in [1.54, 1.807) is 12.1 Å². The highest BCUT2D eigenvalue weighted by Crippen LogP contribution is 2.28. The molecule has 4 heteroatoms. The number of halogens is 2. The van der Waals surface area contributed by atoms with Crippen LogP contribution in [-0.2, 0) is 0 Å². The van der Waals surface area contributed by atoms with Crippen molar-refractivity contribution >= 4 is 39.1 Å². The third kappa shape index (κ3) is 3.31. The number of benzene rings is 1. The van der Waals surface area contributed by atoms with E-state index in [9.17, 15) is 0 Å². The Bertz CT molecular complexity index is 350. The molecule has 0 aliphatic carbocycles. The van der Waals surface area contributed by atoms with Gasteiger partial charge >= 0.3 is 0 Å². The van der Waals surface area contributed by atoms with E-state index in [0.717, 1.165) is 23.0 Å². The molecule has 0 aliphatic rings. The van der Waals surface area contributed by atoms with Gasteiger partial charge in [-0.3, -0.25) is 0 Å². The van der Waals surface area contributed by atoms with Crippen LogP contribution in [0.1, 0.15) is 19.8 Å². The molecule has 2 N–H and O–H groups in total. The highest BCUT2D eigenvalue weighted by Gasteiger charge is 1.99. The van der Waals surface area contributed by atoms with Crippen molar-refractivity contribution in [3.63, 3.8) is 0 Å². The molecule has 0 saturated heterocycles. The van der Waals surface area contributed by atoms with E-state index in [1.165, 1.54) is 0 Å². The Balaban J connectivity index is 2.91. The normalized spacial score (nSPS) is 11.8. The van der Waals surface area contributed by atoms with Gasteiger partial charge in [0.05, 0.1) is 11.5 Å². The van der Waals surface area contributed by atoms with Crippen LogP contribution in [0.2, 0.25) is 5.02 Å². The Morgan fingerprint density at radius 1 is 1.57 bits per heavy atom. The van der Waals surface area contributed by atoms with Gasteiger partial charge in [-0.25, -0.2) is 4.99 Å². The van der Waals surface area contributed by atoms with Crippen molar-refractivity contribution in [3.05, 3.63) is 27.7 Å². The van der Waals surface area contributed by atoms with Crippen molar-refractivity contribution in [2.24, 2.45) is 10.7 Å². The van der Waals surface area contributed by atoms with E-state index < -0.39 is 0 Å². The molecule has 1 aromatic rings. The second-order valence-corrected chi connectivity index (χ2v) is 4.24. The molecule has 0 radical (unpaired) electrons. The Kier molecular flexibility index (Phi) is 4.42. The summed E-state index contributed by atoms with van der Waals surface area (Å²) >= 11 is 9.18. The SMILES string of the molecule is CCCC(N)=Nc1ccc(Cl)cc1Br. The van der Waals surface area contributed by atoms with Crippen molar-refractivity contribution in [1.29, 1.82) is 0 Å². The number of rotatable bonds is 3. The average molecular weight is 276 g/mol. The molecule has 0 spiro atoms. The second-order valence-electron chi connectivity index (χ2n) is 2.95. The minimum absolute atomic E-state index is 0.649. The fourth-order valence-corrected chi connectivity index (χ4v) is 1.81. The molecule has 0 heterocycles. The number of aliphatic imine (C=N–C) groups is 1. The van der Waals surface area contributed by atoms with E-state index in [0.29, 0.717) is 10.9 Å². The zero-order chi connectivity index (χ0) is 10.6. The summed E-state index contributed by atoms with van der Waals surface area (Å²) in [5.74, 6) is 0.649. The zero-order valence-corrected chi connectivity index (χ0v) is 10.3. The first-order valence-corrected chi connectivity index (χ1v) is 5.58. The highest BCUT2D eigenvalue weighted by atomic mass is 79.9. The topological polar surface area (TPSA) is 38.4 Å². The summed E-state index contributed by atoms with van der Waals surface area (Å²) in [7, 11) is 0. The van der Waals surface area contributed by atoms with Gasteiger partial charge in [0.15, 0.2) is 0 Å². The fourth-order valence-electron chi connectivity index (χ4n) is 1.04. The third-order valence-corrected chi connectivity index (χ3v) is 2.55. The molecule has 1 aromatic carbocycles. The van der Waals surface area contributed by atoms with Gasteiger partial charge in [-0.1, -0.05) is 18.5 Å². The van der Waals surface area contributed by atoms with Crippen molar-refractivity contribution < 1.29 is 0 Å². The lowest BCUT2D eigenvalue weighted by molar-refractivity contribution is 0.983. The molecule has 0 saturated carbocycles. The summed E-state index contributed by atoms with van der Waals surface area (Å²) in [6, 6.07) is 5.44. The maximum atomic E-state index is 5.80. The van der Waals surface area contributed by atoms with Crippen LogP contribution in [0, 0.1) is 0 Å². The third-order valence-electron chi connectivity index (χ3n) is 1.68. The molecule has 1 rings (SSSR count). The Morgan fingerprint density at radius 3 is 2.86 bits per heavy atom. The Labute approximate surface area is 97.3 Å². The van der Waals surface area contributed by atoms with Crippen molar-refractivity contribution in [2.75, 3.05) is 0 Å². The molecule has 0 amide bonds. The fraction of sp³-hybridized carbons (Fsp3) is 0.300. The molecule has 0 bridgehead atoms. The van der Waals surface area contributed by atoms with Gasteiger partial charge in [-0.2, -0.15) is 0 Å². The van der Waals surface area contributed by atoms with E-state index in [-0.39, 0.29) is 0 Å². The molecular weight excluding hydrogens is 263 g/mol. The van der Waals surface area contributed by atoms with Crippen LogP contribution in [0.3, 0.4) is 0 Å². The maximum absolute atomic E-state index is 5.80. The lowest BCUT2D eigenvalue weighted by Gasteiger charge is -2.01. The van der Waals surface area contributed by atoms with Crippen molar-refractivity contribution in [2.45, 2.75) is 19.8 Å². The monoisotopic (exact) mass is 274 g/mol. The Hall–Kier alpha value is -0.540. The highest BCUT2D eigenvalue weighted by molar-refractivity contribution is 9.10. The van der Waals surface area contributed by atoms with Gasteiger partial charge < -0.3 is 5.73 Å². The summed E-state index contributed by atoms with van der Waals surface area (Å²) in [6.45, 7) is 2.07. The van der Waals surface area contributed by atoms with Crippen LogP contribution in [0.4, 0.5) is 5.69 Å². The van der Waals surface area contributed by atoms with Crippen LogP contribution in [-0.4, -0.2) is 5.84 Å². The summed E-state index contributed by atoms with van der Waals surface area (Å²) in [5.41, 5.74) is 6.54. The molecule has 0 fully saturated rings. The number of amidine groups is 1. The van der Waals surface area contributed by atoms with Gasteiger partial charge in [0.2, 0.25) is 0 Å². The van der Waals surface area contributed by atoms with E-state index in [1.807, 2.05) is 6.07 Å². The average Bonchev–Trinajstić information content (AvgIpc) is 2.10. The summed E-state index contributed by atoms with van der Waals surface area (Å²) in [5, 5.41) is 0.685. The lowest BCUT2D eigenvalue weighted by atomic mass is 10.3. The largest absolute Gasteiger partial charge is 0.387 e. The van der Waals surface area contributed by atoms with Gasteiger partial charge in [-0.05, 0) is 40.5 Å². The zero-order valence-electron chi connectivity index (χ0n) is 7.93. The predicted molar refractivity (Wildman–Crippen MR) is 65.3 cm³/mol. The van der Waals surface area contributed by atoms with Crippen LogP contribution in [0.5, 0.6) is 0 Å². The van der Waals surface area contributed by atoms with Crippen LogP contribution in [0.25, 0.3) is 0 Å². The first-order chi connectivity index (χ1) is 6.63. The Morgan fingerprint density at radius 2 is 2.29 bits per heavy atom. The molecule has 0 unspecified atom stereocenters. The first kappa shape index (κ1) is 11.5. The van der Waals surface area contributed by atoms with E-state index in [4.69, 9.17) is 17.3 Å². The van der Waals surface area contributed by atoms with Crippen LogP contribution >= 0.6 is 27.5 Å². The predicted octanol–water partition coefficient (Wildman–Crippen LogP) is 3.89. The molecule has 14 heavy (non-hydrogen) atoms. The molecule has 0 atom stereocenters. The molecule has 2 nitrogen and oxygen atoms in total. The lowest BCUT2D eigenvalue weighted by Crippen LogP contribution is -2.09. The number of hydrogen-bond donors (Lipinski definition) is 1. The molecule has 0 aromatic heterocycles. The molecular formula is C10H12BrClN2. The standard InChI is InChI=1S/C10H12BrClN2/c1-2-3-10(13)14-9-5-4-7(12)6-8(9)11/h4-6H,2-3H2,1H3,(H2,13,14). The summed E-state index contributed by atoms with van der Waals surface area (Å²) in [4.78, 5) is 4.28. The van der Waals surface area contributed by atoms with E-state index in [2.05, 4.69) is 27.8 Å². The quantitative estimate of drug-likeness (QED) is 0.659. The molecule has 0 aliphatic heterocycles. The first-order valence-electron chi connectivity index (χ1n) is 4.41. The second kappa shape index (κ2) is 5.37.